The van der Waals surface area contributed by atoms with Crippen LogP contribution in [0.3, 0.4) is 0 Å². The first-order chi connectivity index (χ1) is 16.2. The summed E-state index contributed by atoms with van der Waals surface area (Å²) < 4.78 is 27.7. The lowest BCUT2D eigenvalue weighted by Gasteiger charge is -2.24. The number of fused-ring (bicyclic) bond motifs is 1. The van der Waals surface area contributed by atoms with Gasteiger partial charge in [0, 0.05) is 61.9 Å². The summed E-state index contributed by atoms with van der Waals surface area (Å²) in [6, 6.07) is 10.0. The summed E-state index contributed by atoms with van der Waals surface area (Å²) in [5, 5.41) is 5.11. The van der Waals surface area contributed by atoms with Gasteiger partial charge < -0.3 is 15.1 Å². The SMILES string of the molecule is CNCCN(C)Cc1cccc(-c2cc(C(=O)N3CCC(F)(F)C3)c3c(n2)N(C(C)C)NC3)c1. The third-order valence-electron chi connectivity index (χ3n) is 6.38. The number of anilines is 1. The Morgan fingerprint density at radius 1 is 1.32 bits per heavy atom. The molecule has 3 heterocycles. The highest BCUT2D eigenvalue weighted by molar-refractivity contribution is 5.98. The molecule has 4 rings (SSSR count). The van der Waals surface area contributed by atoms with Crippen molar-refractivity contribution in [1.29, 1.82) is 0 Å². The maximum atomic E-state index is 13.8. The van der Waals surface area contributed by atoms with Crippen molar-refractivity contribution < 1.29 is 13.6 Å². The molecular weight excluding hydrogens is 438 g/mol. The number of hydrogen-bond acceptors (Lipinski definition) is 6. The van der Waals surface area contributed by atoms with Gasteiger partial charge in [0.15, 0.2) is 0 Å². The van der Waals surface area contributed by atoms with Crippen LogP contribution in [0, 0.1) is 0 Å². The minimum absolute atomic E-state index is 0.0635. The van der Waals surface area contributed by atoms with Gasteiger partial charge in [0.05, 0.1) is 12.2 Å². The number of amides is 1. The van der Waals surface area contributed by atoms with Crippen molar-refractivity contribution in [2.45, 2.75) is 45.3 Å². The standard InChI is InChI=1S/C25H34F2N6O/c1-17(2)33-23-21(14-29-33)20(24(34)32-10-8-25(26,27)16-32)13-22(30-23)19-7-5-6-18(12-19)15-31(4)11-9-28-3/h5-7,12-13,17,28-29H,8-11,14-16H2,1-4H3. The number of carbonyl (C=O) groups is 1. The molecule has 0 bridgehead atoms. The molecule has 1 aromatic carbocycles. The Bertz CT molecular complexity index is 1040. The van der Waals surface area contributed by atoms with E-state index >= 15 is 0 Å². The summed E-state index contributed by atoms with van der Waals surface area (Å²) in [6.07, 6.45) is -0.293. The Morgan fingerprint density at radius 3 is 2.79 bits per heavy atom. The summed E-state index contributed by atoms with van der Waals surface area (Å²) in [6.45, 7) is 6.67. The number of nitrogens with one attached hydrogen (secondary N) is 2. The van der Waals surface area contributed by atoms with Gasteiger partial charge in [0.25, 0.3) is 11.8 Å². The lowest BCUT2D eigenvalue weighted by atomic mass is 10.0. The normalized spacial score (nSPS) is 17.2. The van der Waals surface area contributed by atoms with Crippen LogP contribution in [0.5, 0.6) is 0 Å². The van der Waals surface area contributed by atoms with E-state index in [0.717, 1.165) is 36.3 Å². The van der Waals surface area contributed by atoms with Crippen LogP contribution in [-0.2, 0) is 13.1 Å². The highest BCUT2D eigenvalue weighted by Crippen LogP contribution is 2.35. The predicted molar refractivity (Wildman–Crippen MR) is 130 cm³/mol. The zero-order chi connectivity index (χ0) is 24.5. The Hall–Kier alpha value is -2.62. The Labute approximate surface area is 200 Å². The molecule has 0 aliphatic carbocycles. The topological polar surface area (TPSA) is 63.7 Å². The van der Waals surface area contributed by atoms with Crippen LogP contribution < -0.4 is 15.8 Å². The molecule has 0 atom stereocenters. The second-order valence-corrected chi connectivity index (χ2v) is 9.53. The van der Waals surface area contributed by atoms with Crippen LogP contribution in [0.15, 0.2) is 30.3 Å². The molecule has 34 heavy (non-hydrogen) atoms. The van der Waals surface area contributed by atoms with Crippen molar-refractivity contribution in [1.82, 2.24) is 25.5 Å². The number of carbonyl (C=O) groups excluding carboxylic acids is 1. The fourth-order valence-electron chi connectivity index (χ4n) is 4.54. The predicted octanol–water partition coefficient (Wildman–Crippen LogP) is 3.11. The largest absolute Gasteiger partial charge is 0.332 e. The first-order valence-electron chi connectivity index (χ1n) is 11.8. The molecule has 2 aliphatic rings. The van der Waals surface area contributed by atoms with E-state index in [1.165, 1.54) is 4.90 Å². The quantitative estimate of drug-likeness (QED) is 0.616. The number of nitrogens with zero attached hydrogens (tertiary/aromatic N) is 4. The van der Waals surface area contributed by atoms with Gasteiger partial charge in [-0.2, -0.15) is 0 Å². The van der Waals surface area contributed by atoms with Crippen LogP contribution in [0.2, 0.25) is 0 Å². The number of halogens is 2. The van der Waals surface area contributed by atoms with Crippen LogP contribution in [-0.4, -0.2) is 72.9 Å². The van der Waals surface area contributed by atoms with E-state index in [0.29, 0.717) is 23.6 Å². The van der Waals surface area contributed by atoms with Gasteiger partial charge in [0.1, 0.15) is 5.82 Å². The minimum atomic E-state index is -2.83. The van der Waals surface area contributed by atoms with Crippen molar-refractivity contribution in [2.24, 2.45) is 0 Å². The monoisotopic (exact) mass is 472 g/mol. The molecule has 9 heteroatoms. The van der Waals surface area contributed by atoms with Crippen molar-refractivity contribution in [2.75, 3.05) is 45.3 Å². The van der Waals surface area contributed by atoms with Crippen LogP contribution in [0.1, 0.15) is 41.8 Å². The molecule has 2 N–H and O–H groups in total. The van der Waals surface area contributed by atoms with Gasteiger partial charge in [-0.05, 0) is 45.6 Å². The summed E-state index contributed by atoms with van der Waals surface area (Å²) in [5.74, 6) is -2.49. The average molecular weight is 473 g/mol. The van der Waals surface area contributed by atoms with Gasteiger partial charge in [-0.3, -0.25) is 9.80 Å². The molecule has 1 amide bonds. The molecule has 0 radical (unpaired) electrons. The molecule has 0 saturated carbocycles. The number of rotatable bonds is 8. The van der Waals surface area contributed by atoms with Crippen molar-refractivity contribution in [3.63, 3.8) is 0 Å². The lowest BCUT2D eigenvalue weighted by molar-refractivity contribution is 0.0120. The van der Waals surface area contributed by atoms with Gasteiger partial charge in [-0.15, -0.1) is 0 Å². The maximum absolute atomic E-state index is 13.8. The molecule has 0 spiro atoms. The summed E-state index contributed by atoms with van der Waals surface area (Å²) in [4.78, 5) is 21.8. The number of aromatic nitrogens is 1. The minimum Gasteiger partial charge on any atom is -0.332 e. The van der Waals surface area contributed by atoms with E-state index in [9.17, 15) is 13.6 Å². The lowest BCUT2D eigenvalue weighted by Crippen LogP contribution is -2.38. The molecular formula is C25H34F2N6O. The number of hydrazine groups is 1. The van der Waals surface area contributed by atoms with E-state index < -0.39 is 12.5 Å². The number of likely N-dealkylation sites (N-methyl/N-ethyl adjacent to an activating group) is 2. The molecule has 2 aliphatic heterocycles. The summed E-state index contributed by atoms with van der Waals surface area (Å²) in [5.41, 5.74) is 7.23. The van der Waals surface area contributed by atoms with E-state index in [4.69, 9.17) is 4.98 Å². The smallest absolute Gasteiger partial charge is 0.267 e. The Balaban J connectivity index is 1.70. The zero-order valence-corrected chi connectivity index (χ0v) is 20.4. The number of alkyl halides is 2. The highest BCUT2D eigenvalue weighted by Gasteiger charge is 2.41. The maximum Gasteiger partial charge on any atom is 0.267 e. The fraction of sp³-hybridized carbons (Fsp3) is 0.520. The van der Waals surface area contributed by atoms with Gasteiger partial charge in [0.2, 0.25) is 0 Å². The Morgan fingerprint density at radius 2 is 2.12 bits per heavy atom. The fourth-order valence-corrected chi connectivity index (χ4v) is 4.54. The zero-order valence-electron chi connectivity index (χ0n) is 20.4. The molecule has 184 valence electrons. The van der Waals surface area contributed by atoms with Gasteiger partial charge in [-0.1, -0.05) is 18.2 Å². The molecule has 7 nitrogen and oxygen atoms in total. The van der Waals surface area contributed by atoms with Crippen molar-refractivity contribution in [3.05, 3.63) is 47.0 Å². The molecule has 0 unspecified atom stereocenters. The van der Waals surface area contributed by atoms with Gasteiger partial charge in [-0.25, -0.2) is 19.2 Å². The second-order valence-electron chi connectivity index (χ2n) is 9.53. The van der Waals surface area contributed by atoms with Crippen LogP contribution >= 0.6 is 0 Å². The summed E-state index contributed by atoms with van der Waals surface area (Å²) in [7, 11) is 4.01. The average Bonchev–Trinajstić information content (AvgIpc) is 3.39. The van der Waals surface area contributed by atoms with Crippen molar-refractivity contribution >= 4 is 11.7 Å². The van der Waals surface area contributed by atoms with E-state index in [2.05, 4.69) is 34.8 Å². The highest BCUT2D eigenvalue weighted by atomic mass is 19.3. The molecule has 2 aromatic rings. The number of hydrogen-bond donors (Lipinski definition) is 2. The number of pyridine rings is 1. The molecule has 1 fully saturated rings. The van der Waals surface area contributed by atoms with E-state index in [-0.39, 0.29) is 24.9 Å². The summed E-state index contributed by atoms with van der Waals surface area (Å²) >= 11 is 0. The molecule has 1 aromatic heterocycles. The van der Waals surface area contributed by atoms with E-state index in [1.807, 2.05) is 38.0 Å². The third-order valence-corrected chi connectivity index (χ3v) is 6.38. The number of likely N-dealkylation sites (tertiary alicyclic amines) is 1. The second kappa shape index (κ2) is 9.93. The first-order valence-corrected chi connectivity index (χ1v) is 11.8. The number of benzene rings is 1. The van der Waals surface area contributed by atoms with Crippen LogP contribution in [0.25, 0.3) is 11.3 Å². The third kappa shape index (κ3) is 5.21. The van der Waals surface area contributed by atoms with Gasteiger partial charge >= 0.3 is 0 Å². The van der Waals surface area contributed by atoms with Crippen molar-refractivity contribution in [3.8, 4) is 11.3 Å². The van der Waals surface area contributed by atoms with Crippen LogP contribution in [0.4, 0.5) is 14.6 Å². The first kappa shape index (κ1) is 24.5. The Kier molecular flexibility index (Phi) is 7.16. The molecule has 1 saturated heterocycles. The van der Waals surface area contributed by atoms with E-state index in [1.54, 1.807) is 6.07 Å².